The Kier molecular flexibility index (Phi) is 5.32. The van der Waals surface area contributed by atoms with E-state index in [-0.39, 0.29) is 6.04 Å². The molecule has 3 N–H and O–H groups in total. The maximum absolute atomic E-state index is 5.89. The Hall–Kier alpha value is -0.750. The summed E-state index contributed by atoms with van der Waals surface area (Å²) in [5, 5.41) is 0. The number of hydrogen-bond donors (Lipinski definition) is 2. The van der Waals surface area contributed by atoms with Gasteiger partial charge in [-0.2, -0.15) is 11.8 Å². The predicted octanol–water partition coefficient (Wildman–Crippen LogP) is 1.86. The molecule has 2 atom stereocenters. The second kappa shape index (κ2) is 6.80. The SMILES string of the molecule is COc1cc(C)cc(C)c1C(NN)C1CSCCN1C. The maximum atomic E-state index is 5.89. The smallest absolute Gasteiger partial charge is 0.124 e. The summed E-state index contributed by atoms with van der Waals surface area (Å²) in [6, 6.07) is 4.75. The molecule has 1 saturated heterocycles. The first-order valence-electron chi connectivity index (χ1n) is 6.97. The Morgan fingerprint density at radius 3 is 2.80 bits per heavy atom. The number of nitrogens with zero attached hydrogens (tertiary/aromatic N) is 1. The zero-order valence-electron chi connectivity index (χ0n) is 12.8. The summed E-state index contributed by atoms with van der Waals surface area (Å²) >= 11 is 1.99. The first-order chi connectivity index (χ1) is 9.58. The van der Waals surface area contributed by atoms with E-state index in [4.69, 9.17) is 10.6 Å². The molecule has 2 unspecified atom stereocenters. The highest BCUT2D eigenvalue weighted by Crippen LogP contribution is 2.35. The van der Waals surface area contributed by atoms with Crippen LogP contribution in [-0.4, -0.2) is 43.1 Å². The fourth-order valence-corrected chi connectivity index (χ4v) is 4.22. The van der Waals surface area contributed by atoms with Crippen LogP contribution in [0.5, 0.6) is 5.75 Å². The van der Waals surface area contributed by atoms with Gasteiger partial charge in [-0.25, -0.2) is 0 Å². The molecule has 2 rings (SSSR count). The molecule has 1 aliphatic heterocycles. The van der Waals surface area contributed by atoms with Gasteiger partial charge in [-0.15, -0.1) is 0 Å². The topological polar surface area (TPSA) is 50.5 Å². The molecule has 0 bridgehead atoms. The van der Waals surface area contributed by atoms with Crippen LogP contribution in [-0.2, 0) is 0 Å². The summed E-state index contributed by atoms with van der Waals surface area (Å²) in [7, 11) is 3.90. The Balaban J connectivity index is 2.40. The predicted molar refractivity (Wildman–Crippen MR) is 86.3 cm³/mol. The van der Waals surface area contributed by atoms with Gasteiger partial charge in [0.15, 0.2) is 0 Å². The van der Waals surface area contributed by atoms with Crippen LogP contribution < -0.4 is 16.0 Å². The lowest BCUT2D eigenvalue weighted by molar-refractivity contribution is 0.213. The lowest BCUT2D eigenvalue weighted by atomic mass is 9.93. The van der Waals surface area contributed by atoms with E-state index in [1.807, 2.05) is 11.8 Å². The number of hydrogen-bond acceptors (Lipinski definition) is 5. The van der Waals surface area contributed by atoms with E-state index in [1.165, 1.54) is 22.4 Å². The molecule has 1 aliphatic rings. The summed E-state index contributed by atoms with van der Waals surface area (Å²) in [4.78, 5) is 2.39. The van der Waals surface area contributed by atoms with Gasteiger partial charge >= 0.3 is 0 Å². The summed E-state index contributed by atoms with van der Waals surface area (Å²) in [5.74, 6) is 9.09. The molecule has 1 aromatic rings. The van der Waals surface area contributed by atoms with Crippen molar-refractivity contribution in [3.63, 3.8) is 0 Å². The van der Waals surface area contributed by atoms with E-state index >= 15 is 0 Å². The third-order valence-electron chi connectivity index (χ3n) is 4.03. The van der Waals surface area contributed by atoms with Crippen molar-refractivity contribution in [3.05, 3.63) is 28.8 Å². The van der Waals surface area contributed by atoms with E-state index in [0.29, 0.717) is 6.04 Å². The normalized spacial score (nSPS) is 21.8. The van der Waals surface area contributed by atoms with Gasteiger partial charge in [0.05, 0.1) is 13.2 Å². The van der Waals surface area contributed by atoms with Crippen molar-refractivity contribution in [3.8, 4) is 5.75 Å². The van der Waals surface area contributed by atoms with E-state index in [9.17, 15) is 0 Å². The van der Waals surface area contributed by atoms with Crippen LogP contribution in [0.2, 0.25) is 0 Å². The monoisotopic (exact) mass is 295 g/mol. The van der Waals surface area contributed by atoms with Gasteiger partial charge in [0.2, 0.25) is 0 Å². The van der Waals surface area contributed by atoms with Crippen LogP contribution >= 0.6 is 11.8 Å². The molecule has 0 aliphatic carbocycles. The Morgan fingerprint density at radius 2 is 2.20 bits per heavy atom. The van der Waals surface area contributed by atoms with Crippen LogP contribution in [0.1, 0.15) is 22.7 Å². The lowest BCUT2D eigenvalue weighted by Gasteiger charge is -2.38. The van der Waals surface area contributed by atoms with Crippen molar-refractivity contribution in [2.24, 2.45) is 5.84 Å². The molecule has 112 valence electrons. The fraction of sp³-hybridized carbons (Fsp3) is 0.600. The largest absolute Gasteiger partial charge is 0.496 e. The molecule has 5 heteroatoms. The standard InChI is InChI=1S/C15H25N3OS/c1-10-7-11(2)14(13(8-10)19-4)15(17-16)12-9-20-6-5-18(12)3/h7-8,12,15,17H,5-6,9,16H2,1-4H3. The number of rotatable bonds is 4. The average molecular weight is 295 g/mol. The van der Waals surface area contributed by atoms with Crippen molar-refractivity contribution in [1.82, 2.24) is 10.3 Å². The van der Waals surface area contributed by atoms with E-state index in [1.54, 1.807) is 7.11 Å². The summed E-state index contributed by atoms with van der Waals surface area (Å²) in [6.45, 7) is 5.32. The highest BCUT2D eigenvalue weighted by Gasteiger charge is 2.31. The van der Waals surface area contributed by atoms with Crippen molar-refractivity contribution in [2.45, 2.75) is 25.9 Å². The highest BCUT2D eigenvalue weighted by molar-refractivity contribution is 7.99. The van der Waals surface area contributed by atoms with E-state index in [2.05, 4.69) is 43.4 Å². The number of benzene rings is 1. The zero-order chi connectivity index (χ0) is 14.7. The summed E-state index contributed by atoms with van der Waals surface area (Å²) in [5.41, 5.74) is 6.64. The maximum Gasteiger partial charge on any atom is 0.124 e. The number of thioether (sulfide) groups is 1. The molecular formula is C15H25N3OS. The lowest BCUT2D eigenvalue weighted by Crippen LogP contribution is -2.49. The van der Waals surface area contributed by atoms with Crippen molar-refractivity contribution >= 4 is 11.8 Å². The van der Waals surface area contributed by atoms with Gasteiger partial charge in [0.25, 0.3) is 0 Å². The number of hydrazine groups is 1. The number of ether oxygens (including phenoxy) is 1. The average Bonchev–Trinajstić information content (AvgIpc) is 2.43. The van der Waals surface area contributed by atoms with Gasteiger partial charge < -0.3 is 4.74 Å². The number of aryl methyl sites for hydroxylation is 2. The van der Waals surface area contributed by atoms with Gasteiger partial charge in [0, 0.05) is 29.7 Å². The second-order valence-electron chi connectivity index (χ2n) is 5.46. The van der Waals surface area contributed by atoms with Crippen molar-refractivity contribution in [2.75, 3.05) is 32.2 Å². The molecule has 0 radical (unpaired) electrons. The number of nitrogens with one attached hydrogen (secondary N) is 1. The van der Waals surface area contributed by atoms with Crippen LogP contribution in [0.4, 0.5) is 0 Å². The Labute approximate surface area is 126 Å². The number of methoxy groups -OCH3 is 1. The molecule has 1 fully saturated rings. The third kappa shape index (κ3) is 3.11. The minimum Gasteiger partial charge on any atom is -0.496 e. The van der Waals surface area contributed by atoms with E-state index in [0.717, 1.165) is 18.0 Å². The molecule has 20 heavy (non-hydrogen) atoms. The third-order valence-corrected chi connectivity index (χ3v) is 5.08. The molecule has 0 spiro atoms. The van der Waals surface area contributed by atoms with Crippen LogP contribution in [0, 0.1) is 13.8 Å². The molecule has 0 saturated carbocycles. The second-order valence-corrected chi connectivity index (χ2v) is 6.61. The molecule has 1 aromatic carbocycles. The fourth-order valence-electron chi connectivity index (χ4n) is 2.95. The van der Waals surface area contributed by atoms with Crippen LogP contribution in [0.25, 0.3) is 0 Å². The van der Waals surface area contributed by atoms with Crippen molar-refractivity contribution in [1.29, 1.82) is 0 Å². The molecule has 0 aromatic heterocycles. The zero-order valence-corrected chi connectivity index (χ0v) is 13.6. The minimum atomic E-state index is 0.0864. The quantitative estimate of drug-likeness (QED) is 0.656. The van der Waals surface area contributed by atoms with Crippen LogP contribution in [0.15, 0.2) is 12.1 Å². The number of likely N-dealkylation sites (N-methyl/N-ethyl adjacent to an activating group) is 1. The summed E-state index contributed by atoms with van der Waals surface area (Å²) in [6.07, 6.45) is 0. The first-order valence-corrected chi connectivity index (χ1v) is 8.13. The van der Waals surface area contributed by atoms with Gasteiger partial charge in [0.1, 0.15) is 5.75 Å². The van der Waals surface area contributed by atoms with E-state index < -0.39 is 0 Å². The molecular weight excluding hydrogens is 270 g/mol. The Bertz CT molecular complexity index is 467. The van der Waals surface area contributed by atoms with Gasteiger partial charge in [-0.1, -0.05) is 6.07 Å². The van der Waals surface area contributed by atoms with Crippen molar-refractivity contribution < 1.29 is 4.74 Å². The Morgan fingerprint density at radius 1 is 1.45 bits per heavy atom. The molecule has 4 nitrogen and oxygen atoms in total. The first kappa shape index (κ1) is 15.6. The van der Waals surface area contributed by atoms with Gasteiger partial charge in [-0.05, 0) is 38.1 Å². The highest BCUT2D eigenvalue weighted by atomic mass is 32.2. The molecule has 0 amide bonds. The number of nitrogens with two attached hydrogens (primary N) is 1. The minimum absolute atomic E-state index is 0.0864. The molecule has 1 heterocycles. The van der Waals surface area contributed by atoms with Crippen LogP contribution in [0.3, 0.4) is 0 Å². The summed E-state index contributed by atoms with van der Waals surface area (Å²) < 4.78 is 5.59. The van der Waals surface area contributed by atoms with Gasteiger partial charge in [-0.3, -0.25) is 16.2 Å².